The second kappa shape index (κ2) is 8.55. The van der Waals surface area contributed by atoms with Crippen molar-refractivity contribution in [1.29, 1.82) is 0 Å². The van der Waals surface area contributed by atoms with Crippen molar-refractivity contribution in [3.8, 4) is 0 Å². The van der Waals surface area contributed by atoms with Crippen LogP contribution < -0.4 is 4.90 Å². The van der Waals surface area contributed by atoms with Crippen molar-refractivity contribution in [2.75, 3.05) is 25.0 Å². The Morgan fingerprint density at radius 1 is 1.17 bits per heavy atom. The van der Waals surface area contributed by atoms with Crippen LogP contribution in [0, 0.1) is 5.92 Å². The molecule has 0 amide bonds. The molecule has 1 unspecified atom stereocenters. The minimum atomic E-state index is 0.367. The largest absolute Gasteiger partial charge is 0.342 e. The Hall–Kier alpha value is -2.74. The molecule has 0 radical (unpaired) electrons. The average Bonchev–Trinajstić information content (AvgIpc) is 3.46. The molecule has 30 heavy (non-hydrogen) atoms. The van der Waals surface area contributed by atoms with E-state index in [1.165, 1.54) is 17.7 Å². The van der Waals surface area contributed by atoms with Gasteiger partial charge in [0.05, 0.1) is 17.4 Å². The number of fused-ring (bicyclic) bond motifs is 1. The van der Waals surface area contributed by atoms with Gasteiger partial charge >= 0.3 is 0 Å². The first kappa shape index (κ1) is 19.2. The molecular formula is C22H30N8. The van der Waals surface area contributed by atoms with Crippen molar-refractivity contribution in [3.63, 3.8) is 0 Å². The van der Waals surface area contributed by atoms with Crippen LogP contribution in [-0.2, 0) is 19.5 Å². The van der Waals surface area contributed by atoms with Gasteiger partial charge in [0, 0.05) is 51.0 Å². The highest BCUT2D eigenvalue weighted by Crippen LogP contribution is 2.32. The number of nitrogens with one attached hydrogen (secondary N) is 1. The lowest BCUT2D eigenvalue weighted by Gasteiger charge is -2.31. The number of nitrogens with zero attached hydrogens (tertiary/aromatic N) is 7. The molecule has 3 aromatic rings. The third kappa shape index (κ3) is 4.09. The molecule has 1 aliphatic carbocycles. The van der Waals surface area contributed by atoms with Crippen LogP contribution in [0.15, 0.2) is 36.9 Å². The second-order valence-electron chi connectivity index (χ2n) is 8.65. The van der Waals surface area contributed by atoms with Crippen molar-refractivity contribution in [1.82, 2.24) is 34.8 Å². The number of hydrogen-bond acceptors (Lipinski definition) is 6. The molecule has 8 heteroatoms. The Balaban J connectivity index is 1.16. The predicted molar refractivity (Wildman–Crippen MR) is 115 cm³/mol. The SMILES string of the molecule is CN(Cc1cn(CC2CCN(c3ncc[nH]3)CC2)nn1)C1CCCc2cccnc21. The van der Waals surface area contributed by atoms with Crippen LogP contribution in [0.4, 0.5) is 5.95 Å². The zero-order chi connectivity index (χ0) is 20.3. The summed E-state index contributed by atoms with van der Waals surface area (Å²) in [4.78, 5) is 17.0. The van der Waals surface area contributed by atoms with E-state index in [-0.39, 0.29) is 0 Å². The number of H-pyrrole nitrogens is 1. The van der Waals surface area contributed by atoms with Gasteiger partial charge in [-0.3, -0.25) is 14.6 Å². The van der Waals surface area contributed by atoms with Crippen LogP contribution in [0.5, 0.6) is 0 Å². The van der Waals surface area contributed by atoms with Crippen LogP contribution in [0.2, 0.25) is 0 Å². The van der Waals surface area contributed by atoms with Gasteiger partial charge in [-0.15, -0.1) is 5.10 Å². The number of aryl methyl sites for hydroxylation is 1. The molecule has 0 saturated carbocycles. The number of anilines is 1. The third-order valence-corrected chi connectivity index (χ3v) is 6.54. The fraction of sp³-hybridized carbons (Fsp3) is 0.545. The van der Waals surface area contributed by atoms with Crippen LogP contribution >= 0.6 is 0 Å². The van der Waals surface area contributed by atoms with E-state index in [0.29, 0.717) is 12.0 Å². The molecule has 1 saturated heterocycles. The predicted octanol–water partition coefficient (Wildman–Crippen LogP) is 2.82. The van der Waals surface area contributed by atoms with Gasteiger partial charge in [-0.25, -0.2) is 4.98 Å². The monoisotopic (exact) mass is 406 g/mol. The van der Waals surface area contributed by atoms with Crippen molar-refractivity contribution in [2.24, 2.45) is 5.92 Å². The maximum Gasteiger partial charge on any atom is 0.202 e. The molecule has 0 bridgehead atoms. The zero-order valence-electron chi connectivity index (χ0n) is 17.6. The molecule has 1 aliphatic heterocycles. The van der Waals surface area contributed by atoms with Crippen molar-refractivity contribution in [3.05, 3.63) is 53.9 Å². The van der Waals surface area contributed by atoms with E-state index < -0.39 is 0 Å². The first-order valence-electron chi connectivity index (χ1n) is 11.0. The van der Waals surface area contributed by atoms with E-state index in [0.717, 1.165) is 63.5 Å². The Labute approximate surface area is 177 Å². The van der Waals surface area contributed by atoms with E-state index in [1.807, 2.05) is 29.3 Å². The van der Waals surface area contributed by atoms with Gasteiger partial charge in [-0.1, -0.05) is 11.3 Å². The van der Waals surface area contributed by atoms with Crippen LogP contribution in [0.25, 0.3) is 0 Å². The first-order chi connectivity index (χ1) is 14.8. The average molecular weight is 407 g/mol. The lowest BCUT2D eigenvalue weighted by molar-refractivity contribution is 0.206. The molecular weight excluding hydrogens is 376 g/mol. The first-order valence-corrected chi connectivity index (χ1v) is 11.0. The summed E-state index contributed by atoms with van der Waals surface area (Å²) in [5.74, 6) is 1.62. The van der Waals surface area contributed by atoms with E-state index in [1.54, 1.807) is 0 Å². The van der Waals surface area contributed by atoms with Gasteiger partial charge in [0.25, 0.3) is 0 Å². The van der Waals surface area contributed by atoms with Gasteiger partial charge in [0.15, 0.2) is 0 Å². The molecule has 1 fully saturated rings. The summed E-state index contributed by atoms with van der Waals surface area (Å²) in [5, 5.41) is 8.87. The second-order valence-corrected chi connectivity index (χ2v) is 8.65. The maximum atomic E-state index is 4.68. The molecule has 5 rings (SSSR count). The highest BCUT2D eigenvalue weighted by molar-refractivity contribution is 5.29. The Morgan fingerprint density at radius 2 is 2.07 bits per heavy atom. The van der Waals surface area contributed by atoms with Crippen molar-refractivity contribution < 1.29 is 0 Å². The molecule has 1 atom stereocenters. The Bertz CT molecular complexity index is 942. The van der Waals surface area contributed by atoms with E-state index in [2.05, 4.69) is 54.4 Å². The normalized spacial score (nSPS) is 19.9. The number of rotatable bonds is 6. The van der Waals surface area contributed by atoms with Gasteiger partial charge in [-0.05, 0) is 56.7 Å². The molecule has 4 heterocycles. The molecule has 0 spiro atoms. The van der Waals surface area contributed by atoms with Gasteiger partial charge in [0.1, 0.15) is 0 Å². The maximum absolute atomic E-state index is 4.68. The van der Waals surface area contributed by atoms with Crippen LogP contribution in [0.3, 0.4) is 0 Å². The molecule has 3 aromatic heterocycles. The van der Waals surface area contributed by atoms with Gasteiger partial charge in [-0.2, -0.15) is 0 Å². The summed E-state index contributed by atoms with van der Waals surface area (Å²) < 4.78 is 2.03. The Kier molecular flexibility index (Phi) is 5.48. The lowest BCUT2D eigenvalue weighted by atomic mass is 9.91. The fourth-order valence-electron chi connectivity index (χ4n) is 4.90. The molecule has 1 N–H and O–H groups in total. The summed E-state index contributed by atoms with van der Waals surface area (Å²) in [7, 11) is 2.18. The highest BCUT2D eigenvalue weighted by atomic mass is 15.4. The van der Waals surface area contributed by atoms with Gasteiger partial charge in [0.2, 0.25) is 5.95 Å². The van der Waals surface area contributed by atoms with Crippen LogP contribution in [-0.4, -0.2) is 55.0 Å². The highest BCUT2D eigenvalue weighted by Gasteiger charge is 2.26. The Morgan fingerprint density at radius 3 is 2.90 bits per heavy atom. The number of piperidine rings is 1. The topological polar surface area (TPSA) is 78.8 Å². The third-order valence-electron chi connectivity index (χ3n) is 6.54. The van der Waals surface area contributed by atoms with Crippen molar-refractivity contribution in [2.45, 2.75) is 51.2 Å². The fourth-order valence-corrected chi connectivity index (χ4v) is 4.90. The van der Waals surface area contributed by atoms with Crippen LogP contribution in [0.1, 0.15) is 48.7 Å². The van der Waals surface area contributed by atoms with Gasteiger partial charge < -0.3 is 9.88 Å². The molecule has 2 aliphatic rings. The number of hydrogen-bond donors (Lipinski definition) is 1. The van der Waals surface area contributed by atoms with Crippen molar-refractivity contribution >= 4 is 5.95 Å². The summed E-state index contributed by atoms with van der Waals surface area (Å²) in [6, 6.07) is 4.63. The lowest BCUT2D eigenvalue weighted by Crippen LogP contribution is -2.35. The molecule has 0 aromatic carbocycles. The van der Waals surface area contributed by atoms with E-state index >= 15 is 0 Å². The standard InChI is InChI=1S/C22H30N8/c1-28(20-6-2-4-18-5-3-9-23-21(18)20)15-19-16-30(27-26-19)14-17-7-12-29(13-8-17)22-24-10-11-25-22/h3,5,9-11,16-17,20H,2,4,6-8,12-15H2,1H3,(H,24,25). The number of aromatic amines is 1. The minimum Gasteiger partial charge on any atom is -0.342 e. The number of imidazole rings is 1. The molecule has 8 nitrogen and oxygen atoms in total. The summed E-state index contributed by atoms with van der Waals surface area (Å²) in [6.07, 6.45) is 13.6. The number of aromatic nitrogens is 6. The van der Waals surface area contributed by atoms with E-state index in [9.17, 15) is 0 Å². The summed E-state index contributed by atoms with van der Waals surface area (Å²) in [5.41, 5.74) is 3.67. The smallest absolute Gasteiger partial charge is 0.202 e. The quantitative estimate of drug-likeness (QED) is 0.678. The molecule has 158 valence electrons. The number of pyridine rings is 1. The summed E-state index contributed by atoms with van der Waals surface area (Å²) in [6.45, 7) is 3.82. The minimum absolute atomic E-state index is 0.367. The zero-order valence-corrected chi connectivity index (χ0v) is 17.6. The summed E-state index contributed by atoms with van der Waals surface area (Å²) >= 11 is 0. The van der Waals surface area contributed by atoms with E-state index in [4.69, 9.17) is 0 Å².